The summed E-state index contributed by atoms with van der Waals surface area (Å²) in [5.41, 5.74) is 0.988. The van der Waals surface area contributed by atoms with E-state index in [4.69, 9.17) is 9.26 Å². The number of hydrogen-bond acceptors (Lipinski definition) is 6. The molecule has 0 unspecified atom stereocenters. The zero-order valence-corrected chi connectivity index (χ0v) is 12.8. The summed E-state index contributed by atoms with van der Waals surface area (Å²) in [6.07, 6.45) is 7.07. The molecule has 0 radical (unpaired) electrons. The van der Waals surface area contributed by atoms with Crippen molar-refractivity contribution in [3.8, 4) is 0 Å². The number of pyridine rings is 1. The van der Waals surface area contributed by atoms with E-state index >= 15 is 0 Å². The zero-order chi connectivity index (χ0) is 15.4. The maximum Gasteiger partial charge on any atom is 0.250 e. The van der Waals surface area contributed by atoms with Crippen LogP contribution in [0.3, 0.4) is 0 Å². The molecule has 1 saturated heterocycles. The lowest BCUT2D eigenvalue weighted by Gasteiger charge is -2.34. The van der Waals surface area contributed by atoms with E-state index in [1.807, 2.05) is 18.2 Å². The van der Waals surface area contributed by atoms with Gasteiger partial charge in [-0.2, -0.15) is 4.98 Å². The Bertz CT molecular complexity index is 624. The molecule has 116 valence electrons. The molecule has 0 bridgehead atoms. The molecule has 6 heteroatoms. The second kappa shape index (κ2) is 6.81. The molecule has 22 heavy (non-hydrogen) atoms. The van der Waals surface area contributed by atoms with E-state index < -0.39 is 0 Å². The highest BCUT2D eigenvalue weighted by atomic mass is 16.5. The molecule has 0 aromatic carbocycles. The Hall–Kier alpha value is -2.05. The van der Waals surface area contributed by atoms with Gasteiger partial charge in [-0.3, -0.25) is 9.88 Å². The molecular weight excluding hydrogens is 280 g/mol. The van der Waals surface area contributed by atoms with Crippen LogP contribution in [0.15, 0.2) is 29.0 Å². The predicted molar refractivity (Wildman–Crippen MR) is 82.9 cm³/mol. The molecule has 0 N–H and O–H groups in total. The van der Waals surface area contributed by atoms with Crippen molar-refractivity contribution < 1.29 is 9.26 Å². The van der Waals surface area contributed by atoms with Crippen molar-refractivity contribution in [2.24, 2.45) is 0 Å². The summed E-state index contributed by atoms with van der Waals surface area (Å²) in [6, 6.07) is 4.34. The average molecular weight is 300 g/mol. The van der Waals surface area contributed by atoms with E-state index in [2.05, 4.69) is 33.9 Å². The number of nitrogens with zero attached hydrogens (tertiary/aromatic N) is 4. The fraction of sp³-hybridized carbons (Fsp3) is 0.438. The van der Waals surface area contributed by atoms with Gasteiger partial charge in [-0.05, 0) is 31.6 Å². The molecule has 3 rings (SSSR count). The highest BCUT2D eigenvalue weighted by Crippen LogP contribution is 2.21. The van der Waals surface area contributed by atoms with Crippen LogP contribution in [-0.4, -0.2) is 45.8 Å². The highest BCUT2D eigenvalue weighted by molar-refractivity contribution is 5.65. The van der Waals surface area contributed by atoms with Crippen LogP contribution in [0.4, 0.5) is 0 Å². The van der Waals surface area contributed by atoms with Gasteiger partial charge in [0.1, 0.15) is 6.10 Å². The minimum atomic E-state index is -0.125. The minimum Gasteiger partial charge on any atom is -0.367 e. The molecular formula is C16H20N4O2. The second-order valence-electron chi connectivity index (χ2n) is 5.56. The van der Waals surface area contributed by atoms with Crippen molar-refractivity contribution in [3.63, 3.8) is 0 Å². The predicted octanol–water partition coefficient (Wildman–Crippen LogP) is 2.42. The van der Waals surface area contributed by atoms with Crippen molar-refractivity contribution in [2.75, 3.05) is 19.7 Å². The molecule has 1 fully saturated rings. The van der Waals surface area contributed by atoms with Gasteiger partial charge in [0.05, 0.1) is 6.61 Å². The highest BCUT2D eigenvalue weighted by Gasteiger charge is 2.27. The first-order valence-corrected chi connectivity index (χ1v) is 7.50. The summed E-state index contributed by atoms with van der Waals surface area (Å²) in [4.78, 5) is 10.8. The molecule has 2 aromatic rings. The fourth-order valence-corrected chi connectivity index (χ4v) is 2.38. The summed E-state index contributed by atoms with van der Waals surface area (Å²) in [5, 5.41) is 4.04. The maximum absolute atomic E-state index is 5.76. The van der Waals surface area contributed by atoms with E-state index in [1.54, 1.807) is 18.5 Å². The average Bonchev–Trinajstić information content (AvgIpc) is 3.03. The van der Waals surface area contributed by atoms with Crippen molar-refractivity contribution in [1.29, 1.82) is 0 Å². The quantitative estimate of drug-likeness (QED) is 0.864. The maximum atomic E-state index is 5.76. The molecule has 1 atom stereocenters. The largest absolute Gasteiger partial charge is 0.367 e. The van der Waals surface area contributed by atoms with E-state index in [0.717, 1.165) is 18.7 Å². The second-order valence-corrected chi connectivity index (χ2v) is 5.56. The molecule has 0 amide bonds. The molecule has 0 saturated carbocycles. The first kappa shape index (κ1) is 14.9. The Morgan fingerprint density at radius 3 is 3.05 bits per heavy atom. The Morgan fingerprint density at radius 2 is 2.27 bits per heavy atom. The van der Waals surface area contributed by atoms with Gasteiger partial charge in [0.15, 0.2) is 0 Å². The normalized spacial score (nSPS) is 20.0. The van der Waals surface area contributed by atoms with Crippen LogP contribution in [-0.2, 0) is 4.74 Å². The number of ether oxygens (including phenoxy) is 1. The zero-order valence-electron chi connectivity index (χ0n) is 12.8. The topological polar surface area (TPSA) is 64.3 Å². The van der Waals surface area contributed by atoms with Crippen molar-refractivity contribution in [2.45, 2.75) is 26.0 Å². The standard InChI is InChI=1S/C16H20N4O2/c1-12(2)20-8-9-21-14(11-20)16-18-15(22-19-16)6-5-13-4-3-7-17-10-13/h3-7,10,12,14H,8-9,11H2,1-2H3/t14-/m0/s1. The van der Waals surface area contributed by atoms with Gasteiger partial charge < -0.3 is 9.26 Å². The summed E-state index contributed by atoms with van der Waals surface area (Å²) in [5.74, 6) is 1.08. The summed E-state index contributed by atoms with van der Waals surface area (Å²) in [6.45, 7) is 6.79. The lowest BCUT2D eigenvalue weighted by Crippen LogP contribution is -2.42. The van der Waals surface area contributed by atoms with Crippen LogP contribution < -0.4 is 0 Å². The van der Waals surface area contributed by atoms with Crippen LogP contribution in [0, 0.1) is 0 Å². The van der Waals surface area contributed by atoms with E-state index in [1.165, 1.54) is 0 Å². The van der Waals surface area contributed by atoms with Crippen LogP contribution in [0.25, 0.3) is 12.2 Å². The number of aromatic nitrogens is 3. The first-order chi connectivity index (χ1) is 10.7. The van der Waals surface area contributed by atoms with Crippen molar-refractivity contribution in [3.05, 3.63) is 41.8 Å². The summed E-state index contributed by atoms with van der Waals surface area (Å²) >= 11 is 0. The monoisotopic (exact) mass is 300 g/mol. The minimum absolute atomic E-state index is 0.125. The Morgan fingerprint density at radius 1 is 1.36 bits per heavy atom. The lowest BCUT2D eigenvalue weighted by molar-refractivity contribution is -0.0450. The van der Waals surface area contributed by atoms with Gasteiger partial charge in [0.2, 0.25) is 5.82 Å². The summed E-state index contributed by atoms with van der Waals surface area (Å²) < 4.78 is 11.0. The molecule has 6 nitrogen and oxygen atoms in total. The van der Waals surface area contributed by atoms with Gasteiger partial charge in [0.25, 0.3) is 5.89 Å². The Balaban J connectivity index is 1.67. The molecule has 1 aliphatic heterocycles. The smallest absolute Gasteiger partial charge is 0.250 e. The Labute approximate surface area is 129 Å². The fourth-order valence-electron chi connectivity index (χ4n) is 2.38. The Kier molecular flexibility index (Phi) is 4.60. The van der Waals surface area contributed by atoms with E-state index in [0.29, 0.717) is 24.4 Å². The third-order valence-electron chi connectivity index (χ3n) is 3.68. The van der Waals surface area contributed by atoms with Crippen LogP contribution >= 0.6 is 0 Å². The van der Waals surface area contributed by atoms with Crippen molar-refractivity contribution >= 4 is 12.2 Å². The number of hydrogen-bond donors (Lipinski definition) is 0. The van der Waals surface area contributed by atoms with Gasteiger partial charge in [-0.15, -0.1) is 0 Å². The third kappa shape index (κ3) is 3.58. The number of morpholine rings is 1. The van der Waals surface area contributed by atoms with E-state index in [-0.39, 0.29) is 6.10 Å². The van der Waals surface area contributed by atoms with Gasteiger partial charge in [-0.25, -0.2) is 0 Å². The molecule has 3 heterocycles. The molecule has 2 aromatic heterocycles. The first-order valence-electron chi connectivity index (χ1n) is 7.50. The van der Waals surface area contributed by atoms with Gasteiger partial charge >= 0.3 is 0 Å². The van der Waals surface area contributed by atoms with Crippen molar-refractivity contribution in [1.82, 2.24) is 20.0 Å². The van der Waals surface area contributed by atoms with Crippen LogP contribution in [0.1, 0.15) is 37.2 Å². The molecule has 0 aliphatic carbocycles. The van der Waals surface area contributed by atoms with Gasteiger partial charge in [-0.1, -0.05) is 11.2 Å². The van der Waals surface area contributed by atoms with E-state index in [9.17, 15) is 0 Å². The van der Waals surface area contributed by atoms with Crippen LogP contribution in [0.5, 0.6) is 0 Å². The summed E-state index contributed by atoms with van der Waals surface area (Å²) in [7, 11) is 0. The SMILES string of the molecule is CC(C)N1CCO[C@H](c2noc(C=Cc3cccnc3)n2)C1. The number of rotatable bonds is 4. The lowest BCUT2D eigenvalue weighted by atomic mass is 10.2. The van der Waals surface area contributed by atoms with Crippen LogP contribution in [0.2, 0.25) is 0 Å². The van der Waals surface area contributed by atoms with Gasteiger partial charge in [0, 0.05) is 37.6 Å². The molecule has 1 aliphatic rings. The third-order valence-corrected chi connectivity index (χ3v) is 3.68. The molecule has 0 spiro atoms.